The van der Waals surface area contributed by atoms with E-state index in [9.17, 15) is 0 Å². The van der Waals surface area contributed by atoms with Gasteiger partial charge < -0.3 is 4.74 Å². The van der Waals surface area contributed by atoms with Crippen LogP contribution in [0.25, 0.3) is 0 Å². The van der Waals surface area contributed by atoms with Gasteiger partial charge in [0.05, 0.1) is 5.76 Å². The smallest absolute Gasteiger partial charge is 0.141 e. The molecule has 0 bridgehead atoms. The number of hydrogen-bond donors (Lipinski definition) is 0. The molecule has 1 heterocycles. The summed E-state index contributed by atoms with van der Waals surface area (Å²) in [6, 6.07) is 1.31. The maximum absolute atomic E-state index is 5.45. The quantitative estimate of drug-likeness (QED) is 0.624. The average Bonchev–Trinajstić information content (AvgIpc) is 2.03. The van der Waals surface area contributed by atoms with E-state index >= 15 is 0 Å². The lowest BCUT2D eigenvalue weighted by molar-refractivity contribution is -0.00244. The Morgan fingerprint density at radius 3 is 2.38 bits per heavy atom. The van der Waals surface area contributed by atoms with Crippen LogP contribution in [0.2, 0.25) is 0 Å². The SMILES string of the molecule is C=C(C)OCN1C(C)CCCC1C. The third-order valence-electron chi connectivity index (χ3n) is 2.84. The van der Waals surface area contributed by atoms with Crippen molar-refractivity contribution >= 4 is 0 Å². The van der Waals surface area contributed by atoms with E-state index in [0.29, 0.717) is 18.8 Å². The fourth-order valence-corrected chi connectivity index (χ4v) is 1.91. The van der Waals surface area contributed by atoms with Gasteiger partial charge in [0.25, 0.3) is 0 Å². The summed E-state index contributed by atoms with van der Waals surface area (Å²) in [5.41, 5.74) is 0. The van der Waals surface area contributed by atoms with E-state index in [2.05, 4.69) is 25.3 Å². The van der Waals surface area contributed by atoms with Crippen molar-refractivity contribution in [2.75, 3.05) is 6.73 Å². The van der Waals surface area contributed by atoms with E-state index in [1.807, 2.05) is 6.92 Å². The van der Waals surface area contributed by atoms with Crippen LogP contribution in [0.4, 0.5) is 0 Å². The van der Waals surface area contributed by atoms with Crippen molar-refractivity contribution in [2.24, 2.45) is 0 Å². The third-order valence-corrected chi connectivity index (χ3v) is 2.84. The van der Waals surface area contributed by atoms with Crippen molar-refractivity contribution in [3.63, 3.8) is 0 Å². The number of likely N-dealkylation sites (tertiary alicyclic amines) is 1. The van der Waals surface area contributed by atoms with Crippen molar-refractivity contribution in [1.82, 2.24) is 4.90 Å². The zero-order chi connectivity index (χ0) is 9.84. The van der Waals surface area contributed by atoms with Gasteiger partial charge in [-0.3, -0.25) is 4.90 Å². The van der Waals surface area contributed by atoms with E-state index in [1.165, 1.54) is 19.3 Å². The molecule has 0 aromatic carbocycles. The van der Waals surface area contributed by atoms with Gasteiger partial charge in [-0.25, -0.2) is 0 Å². The monoisotopic (exact) mass is 183 g/mol. The molecule has 2 atom stereocenters. The first-order chi connectivity index (χ1) is 6.11. The number of piperidine rings is 1. The van der Waals surface area contributed by atoms with E-state index in [0.717, 1.165) is 5.76 Å². The van der Waals surface area contributed by atoms with Gasteiger partial charge in [-0.1, -0.05) is 13.0 Å². The summed E-state index contributed by atoms with van der Waals surface area (Å²) in [6.45, 7) is 10.9. The fourth-order valence-electron chi connectivity index (χ4n) is 1.91. The highest BCUT2D eigenvalue weighted by Gasteiger charge is 2.24. The second-order valence-electron chi connectivity index (χ2n) is 4.12. The highest BCUT2D eigenvalue weighted by Crippen LogP contribution is 2.22. The summed E-state index contributed by atoms with van der Waals surface area (Å²) >= 11 is 0. The number of ether oxygens (including phenoxy) is 1. The van der Waals surface area contributed by atoms with Crippen LogP contribution in [0.1, 0.15) is 40.0 Å². The molecule has 2 unspecified atom stereocenters. The molecule has 13 heavy (non-hydrogen) atoms. The van der Waals surface area contributed by atoms with Gasteiger partial charge in [-0.05, 0) is 33.6 Å². The van der Waals surface area contributed by atoms with Crippen LogP contribution in [-0.2, 0) is 4.74 Å². The van der Waals surface area contributed by atoms with E-state index in [4.69, 9.17) is 4.74 Å². The molecule has 1 fully saturated rings. The van der Waals surface area contributed by atoms with Crippen molar-refractivity contribution in [1.29, 1.82) is 0 Å². The highest BCUT2D eigenvalue weighted by atomic mass is 16.5. The van der Waals surface area contributed by atoms with Crippen LogP contribution in [0.3, 0.4) is 0 Å². The molecule has 0 radical (unpaired) electrons. The lowest BCUT2D eigenvalue weighted by Gasteiger charge is -2.38. The van der Waals surface area contributed by atoms with E-state index in [1.54, 1.807) is 0 Å². The summed E-state index contributed by atoms with van der Waals surface area (Å²) < 4.78 is 5.45. The van der Waals surface area contributed by atoms with Crippen molar-refractivity contribution in [2.45, 2.75) is 52.1 Å². The minimum Gasteiger partial charge on any atom is -0.483 e. The molecule has 0 saturated carbocycles. The Morgan fingerprint density at radius 1 is 1.38 bits per heavy atom. The Morgan fingerprint density at radius 2 is 1.92 bits per heavy atom. The summed E-state index contributed by atoms with van der Waals surface area (Å²) in [5, 5.41) is 0. The Bertz CT molecular complexity index is 169. The molecular formula is C11H21NO. The molecule has 1 aliphatic heterocycles. The lowest BCUT2D eigenvalue weighted by Crippen LogP contribution is -2.44. The fraction of sp³-hybridized carbons (Fsp3) is 0.818. The number of hydrogen-bond acceptors (Lipinski definition) is 2. The summed E-state index contributed by atoms with van der Waals surface area (Å²) in [4.78, 5) is 2.41. The van der Waals surface area contributed by atoms with Crippen LogP contribution >= 0.6 is 0 Å². The zero-order valence-corrected chi connectivity index (χ0v) is 9.05. The van der Waals surface area contributed by atoms with Crippen LogP contribution in [0.15, 0.2) is 12.3 Å². The molecule has 0 aromatic rings. The van der Waals surface area contributed by atoms with Gasteiger partial charge in [0.1, 0.15) is 6.73 Å². The Kier molecular flexibility index (Phi) is 3.79. The predicted octanol–water partition coefficient (Wildman–Crippen LogP) is 2.76. The van der Waals surface area contributed by atoms with Gasteiger partial charge >= 0.3 is 0 Å². The van der Waals surface area contributed by atoms with Crippen molar-refractivity contribution in [3.8, 4) is 0 Å². The number of rotatable bonds is 3. The largest absolute Gasteiger partial charge is 0.483 e. The molecule has 1 aliphatic rings. The number of nitrogens with zero attached hydrogens (tertiary/aromatic N) is 1. The van der Waals surface area contributed by atoms with E-state index < -0.39 is 0 Å². The maximum atomic E-state index is 5.45. The normalized spacial score (nSPS) is 30.1. The molecule has 1 saturated heterocycles. The summed E-state index contributed by atoms with van der Waals surface area (Å²) in [6.07, 6.45) is 3.94. The highest BCUT2D eigenvalue weighted by molar-refractivity contribution is 4.80. The van der Waals surface area contributed by atoms with Crippen LogP contribution in [0, 0.1) is 0 Å². The lowest BCUT2D eigenvalue weighted by atomic mass is 9.98. The Labute approximate surface area is 81.6 Å². The van der Waals surface area contributed by atoms with Crippen molar-refractivity contribution < 1.29 is 4.74 Å². The second-order valence-corrected chi connectivity index (χ2v) is 4.12. The molecule has 2 heteroatoms. The molecular weight excluding hydrogens is 162 g/mol. The van der Waals surface area contributed by atoms with Crippen molar-refractivity contribution in [3.05, 3.63) is 12.3 Å². The van der Waals surface area contributed by atoms with Crippen LogP contribution in [0.5, 0.6) is 0 Å². The molecule has 76 valence electrons. The number of allylic oxidation sites excluding steroid dienone is 1. The second kappa shape index (κ2) is 4.66. The van der Waals surface area contributed by atoms with Gasteiger partial charge in [-0.2, -0.15) is 0 Å². The molecule has 0 amide bonds. The first-order valence-electron chi connectivity index (χ1n) is 5.15. The predicted molar refractivity (Wildman–Crippen MR) is 55.4 cm³/mol. The van der Waals surface area contributed by atoms with Crippen LogP contribution < -0.4 is 0 Å². The van der Waals surface area contributed by atoms with Gasteiger partial charge in [0.15, 0.2) is 0 Å². The maximum Gasteiger partial charge on any atom is 0.141 e. The third kappa shape index (κ3) is 3.03. The van der Waals surface area contributed by atoms with E-state index in [-0.39, 0.29) is 0 Å². The summed E-state index contributed by atoms with van der Waals surface area (Å²) in [7, 11) is 0. The van der Waals surface area contributed by atoms with Gasteiger partial charge in [0, 0.05) is 12.1 Å². The molecule has 0 spiro atoms. The first-order valence-corrected chi connectivity index (χ1v) is 5.15. The minimum absolute atomic E-state index is 0.656. The van der Waals surface area contributed by atoms with Gasteiger partial charge in [0.2, 0.25) is 0 Å². The topological polar surface area (TPSA) is 12.5 Å². The molecule has 0 N–H and O–H groups in total. The molecule has 0 aliphatic carbocycles. The Balaban J connectivity index is 2.39. The van der Waals surface area contributed by atoms with Crippen LogP contribution in [-0.4, -0.2) is 23.7 Å². The standard InChI is InChI=1S/C11H21NO/c1-9(2)13-8-12-10(3)6-5-7-11(12)4/h10-11H,1,5-8H2,2-4H3. The zero-order valence-electron chi connectivity index (χ0n) is 9.05. The summed E-state index contributed by atoms with van der Waals surface area (Å²) in [5.74, 6) is 0.810. The molecule has 0 aromatic heterocycles. The minimum atomic E-state index is 0.656. The first kappa shape index (κ1) is 10.6. The Hall–Kier alpha value is -0.500. The molecule has 1 rings (SSSR count). The molecule has 2 nitrogen and oxygen atoms in total. The average molecular weight is 183 g/mol. The van der Waals surface area contributed by atoms with Gasteiger partial charge in [-0.15, -0.1) is 0 Å².